The quantitative estimate of drug-likeness (QED) is 0.0556. The van der Waals surface area contributed by atoms with Crippen LogP contribution >= 0.6 is 12.2 Å². The van der Waals surface area contributed by atoms with E-state index in [1.165, 1.54) is 48.5 Å². The molecule has 0 atom stereocenters. The lowest BCUT2D eigenvalue weighted by atomic mass is 10.0. The summed E-state index contributed by atoms with van der Waals surface area (Å²) >= 11 is 5.05. The zero-order valence-electron chi connectivity index (χ0n) is 32.8. The summed E-state index contributed by atoms with van der Waals surface area (Å²) in [5, 5.41) is 3.03. The number of thiocarbonyl (C=S) groups is 1. The number of hydrogen-bond acceptors (Lipinski definition) is 9. The number of nitrogens with one attached hydrogen (secondary N) is 3. The highest BCUT2D eigenvalue weighted by atomic mass is 32.2. The summed E-state index contributed by atoms with van der Waals surface area (Å²) in [6.45, 7) is 0. The molecule has 64 heavy (non-hydrogen) atoms. The largest absolute Gasteiger partial charge is 0.376 e. The molecule has 0 aliphatic carbocycles. The van der Waals surface area contributed by atoms with E-state index in [1.54, 1.807) is 42.5 Å². The molecule has 8 N–H and O–H groups in total. The van der Waals surface area contributed by atoms with Crippen molar-refractivity contribution in [3.05, 3.63) is 144 Å². The number of nitrogens with zero attached hydrogens (tertiary/aromatic N) is 2. The smallest absolute Gasteiger partial charge is 0.294 e. The van der Waals surface area contributed by atoms with Gasteiger partial charge in [0.1, 0.15) is 0 Å². The highest BCUT2D eigenvalue weighted by molar-refractivity contribution is 7.86. The molecule has 0 spiro atoms. The summed E-state index contributed by atoms with van der Waals surface area (Å²) in [6, 6.07) is 31.8. The third-order valence-corrected chi connectivity index (χ3v) is 13.2. The Balaban J connectivity index is 1.42. The van der Waals surface area contributed by atoms with Crippen molar-refractivity contribution in [1.29, 1.82) is 0 Å². The number of aromatic nitrogens is 4. The van der Waals surface area contributed by atoms with E-state index in [4.69, 9.17) is 27.9 Å². The lowest BCUT2D eigenvalue weighted by Gasteiger charge is -2.08. The van der Waals surface area contributed by atoms with E-state index in [-0.39, 0.29) is 19.8 Å². The average molecular weight is 929 g/mol. The summed E-state index contributed by atoms with van der Waals surface area (Å²) in [6.07, 6.45) is 7.23. The Hall–Kier alpha value is -7.10. The van der Waals surface area contributed by atoms with Gasteiger partial charge < -0.3 is 21.0 Å². The van der Waals surface area contributed by atoms with Crippen molar-refractivity contribution in [1.82, 2.24) is 19.9 Å². The van der Waals surface area contributed by atoms with E-state index in [1.807, 2.05) is 54.6 Å². The highest BCUT2D eigenvalue weighted by Gasteiger charge is 2.21. The van der Waals surface area contributed by atoms with Gasteiger partial charge in [0.05, 0.1) is 37.5 Å². The zero-order valence-corrected chi connectivity index (χ0v) is 36.0. The first-order valence-electron chi connectivity index (χ1n) is 19.0. The molecule has 0 radical (unpaired) electrons. The number of hydrogen-bond donors (Lipinski definition) is 7. The van der Waals surface area contributed by atoms with Crippen molar-refractivity contribution in [2.24, 2.45) is 5.73 Å². The Morgan fingerprint density at radius 3 is 0.922 bits per heavy atom. The van der Waals surface area contributed by atoms with Crippen molar-refractivity contribution in [3.8, 4) is 44.5 Å². The number of aromatic amines is 2. The van der Waals surface area contributed by atoms with Crippen molar-refractivity contribution < 1.29 is 38.9 Å². The lowest BCUT2D eigenvalue weighted by molar-refractivity contribution is 0.481. The van der Waals surface area contributed by atoms with Gasteiger partial charge in [-0.1, -0.05) is 48.5 Å². The molecule has 9 rings (SSSR count). The normalized spacial score (nSPS) is 12.7. The predicted molar refractivity (Wildman–Crippen MR) is 250 cm³/mol. The molecule has 19 heteroatoms. The predicted octanol–water partition coefficient (Wildman–Crippen LogP) is 8.72. The van der Waals surface area contributed by atoms with Crippen LogP contribution < -0.4 is 11.1 Å². The number of H-pyrrole nitrogens is 2. The second kappa shape index (κ2) is 15.9. The molecular formula is C45H32N6O9S4. The molecule has 0 saturated heterocycles. The fraction of sp³-hybridized carbons (Fsp3) is 0. The summed E-state index contributed by atoms with van der Waals surface area (Å²) in [5.74, 6) is 0. The third-order valence-electron chi connectivity index (χ3n) is 10.5. The Labute approximate surface area is 371 Å². The van der Waals surface area contributed by atoms with E-state index in [9.17, 15) is 38.9 Å². The van der Waals surface area contributed by atoms with Crippen LogP contribution in [0.5, 0.6) is 0 Å². The molecular weight excluding hydrogens is 897 g/mol. The van der Waals surface area contributed by atoms with Crippen LogP contribution in [-0.4, -0.2) is 64.0 Å². The molecule has 0 amide bonds. The molecule has 5 heterocycles. The molecule has 15 nitrogen and oxygen atoms in total. The maximum absolute atomic E-state index is 12.1. The van der Waals surface area contributed by atoms with Crippen LogP contribution in [0.15, 0.2) is 136 Å². The number of nitrogens with two attached hydrogens (primary N) is 1. The Kier molecular flexibility index (Phi) is 10.5. The van der Waals surface area contributed by atoms with Crippen LogP contribution in [0.1, 0.15) is 22.8 Å². The van der Waals surface area contributed by atoms with Crippen LogP contribution in [0.3, 0.4) is 0 Å². The van der Waals surface area contributed by atoms with Crippen molar-refractivity contribution in [3.63, 3.8) is 0 Å². The fourth-order valence-corrected chi connectivity index (χ4v) is 9.22. The molecule has 320 valence electrons. The van der Waals surface area contributed by atoms with Gasteiger partial charge in [0.2, 0.25) is 0 Å². The first-order chi connectivity index (χ1) is 30.4. The van der Waals surface area contributed by atoms with Gasteiger partial charge in [-0.25, -0.2) is 9.97 Å². The summed E-state index contributed by atoms with van der Waals surface area (Å²) in [4.78, 5) is 16.4. The summed E-state index contributed by atoms with van der Waals surface area (Å²) in [5.41, 5.74) is 15.4. The van der Waals surface area contributed by atoms with E-state index >= 15 is 0 Å². The number of fused-ring (bicyclic) bond motifs is 8. The van der Waals surface area contributed by atoms with Crippen molar-refractivity contribution in [2.45, 2.75) is 14.7 Å². The minimum absolute atomic E-state index is 0.0957. The number of anilines is 1. The molecule has 2 aliphatic rings. The van der Waals surface area contributed by atoms with E-state index < -0.39 is 30.4 Å². The lowest BCUT2D eigenvalue weighted by Crippen LogP contribution is -2.18. The minimum atomic E-state index is -4.52. The first-order valence-corrected chi connectivity index (χ1v) is 23.7. The Morgan fingerprint density at radius 2 is 0.688 bits per heavy atom. The Morgan fingerprint density at radius 1 is 0.438 bits per heavy atom. The van der Waals surface area contributed by atoms with Gasteiger partial charge in [-0.3, -0.25) is 13.7 Å². The molecule has 0 unspecified atom stereocenters. The number of benzene rings is 4. The third kappa shape index (κ3) is 8.27. The molecule has 0 fully saturated rings. The van der Waals surface area contributed by atoms with E-state index in [2.05, 4.69) is 15.3 Å². The first kappa shape index (κ1) is 42.2. The average Bonchev–Trinajstić information content (AvgIpc) is 4.09. The molecule has 2 aliphatic heterocycles. The SMILES string of the molecule is NC(=S)Nc1ccc(-c2c3nc(c(-c4ccc(S(=O)(=O)O)cc4)c4ccc([nH]4)c(-c4ccc(S(=O)(=O)O)cc4)c4nc(c(-c5ccc(S(=O)(=O)O)cc5)c5ccc2[nH]5)C=C4)C=C3)cc1. The zero-order chi connectivity index (χ0) is 45.1. The van der Waals surface area contributed by atoms with Gasteiger partial charge in [-0.15, -0.1) is 0 Å². The van der Waals surface area contributed by atoms with Crippen molar-refractivity contribution in [2.75, 3.05) is 5.32 Å². The second-order valence-corrected chi connectivity index (χ2v) is 19.3. The van der Waals surface area contributed by atoms with E-state index in [0.29, 0.717) is 89.5 Å². The maximum Gasteiger partial charge on any atom is 0.294 e. The van der Waals surface area contributed by atoms with E-state index in [0.717, 1.165) is 5.56 Å². The van der Waals surface area contributed by atoms with Gasteiger partial charge >= 0.3 is 0 Å². The van der Waals surface area contributed by atoms with Crippen LogP contribution in [-0.2, 0) is 30.4 Å². The highest BCUT2D eigenvalue weighted by Crippen LogP contribution is 2.39. The van der Waals surface area contributed by atoms with Gasteiger partial charge in [0, 0.05) is 50.0 Å². The summed E-state index contributed by atoms with van der Waals surface area (Å²) < 4.78 is 102. The minimum Gasteiger partial charge on any atom is -0.376 e. The maximum atomic E-state index is 12.1. The van der Waals surface area contributed by atoms with Crippen molar-refractivity contribution >= 4 is 99.7 Å². The van der Waals surface area contributed by atoms with Crippen LogP contribution in [0.4, 0.5) is 5.69 Å². The molecule has 4 aromatic carbocycles. The van der Waals surface area contributed by atoms with Gasteiger partial charge in [-0.05, 0) is 132 Å². The topological polar surface area (TPSA) is 259 Å². The molecule has 0 saturated carbocycles. The van der Waals surface area contributed by atoms with Crippen LogP contribution in [0, 0.1) is 0 Å². The van der Waals surface area contributed by atoms with Crippen LogP contribution in [0.2, 0.25) is 0 Å². The van der Waals surface area contributed by atoms with Gasteiger partial charge in [0.25, 0.3) is 30.4 Å². The van der Waals surface area contributed by atoms with Gasteiger partial charge in [-0.2, -0.15) is 25.3 Å². The van der Waals surface area contributed by atoms with Crippen LogP contribution in [0.25, 0.3) is 90.9 Å². The second-order valence-electron chi connectivity index (χ2n) is 14.6. The monoisotopic (exact) mass is 928 g/mol. The standard InChI is InChI=1S/C45H32N6O9S4/c46-45(61)47-29-9-1-25(2-10-29)41-33-17-19-35(48-33)42(26-3-11-30(12-4-26)62(52,53)54)37-21-23-39(50-37)44(28-7-15-32(16-8-28)64(58,59)60)40-24-22-38(51-40)43(36-20-18-34(41)49-36)27-5-13-31(14-6-27)63(55,56)57/h1-24,48,51H,(H3,46,47,61)(H,52,53,54)(H,55,56,57)(H,58,59,60). The Bertz CT molecular complexity index is 3590. The molecule has 3 aromatic heterocycles. The molecule has 7 aromatic rings. The summed E-state index contributed by atoms with van der Waals surface area (Å²) in [7, 11) is -13.5. The fourth-order valence-electron chi connectivity index (χ4n) is 7.66. The number of rotatable bonds is 8. The van der Waals surface area contributed by atoms with Gasteiger partial charge in [0.15, 0.2) is 5.11 Å². The molecule has 8 bridgehead atoms.